The predicted octanol–water partition coefficient (Wildman–Crippen LogP) is 4.49. The lowest BCUT2D eigenvalue weighted by Gasteiger charge is -2.10. The molecule has 0 unspecified atom stereocenters. The molecular formula is C25H23N9. The highest BCUT2D eigenvalue weighted by Gasteiger charge is 2.19. The van der Waals surface area contributed by atoms with Crippen LogP contribution in [0.15, 0.2) is 61.4 Å². The topological polar surface area (TPSA) is 91.6 Å². The van der Waals surface area contributed by atoms with Crippen molar-refractivity contribution in [3.05, 3.63) is 67.1 Å². The van der Waals surface area contributed by atoms with Gasteiger partial charge in [0.1, 0.15) is 0 Å². The molecule has 0 saturated carbocycles. The number of pyridine rings is 2. The summed E-state index contributed by atoms with van der Waals surface area (Å²) in [6.45, 7) is 6.23. The fraction of sp³-hybridized carbons (Fsp3) is 0.200. The first-order valence-electron chi connectivity index (χ1n) is 11.1. The Labute approximate surface area is 195 Å². The molecule has 6 aromatic heterocycles. The number of nitrogens with zero attached hydrogens (tertiary/aromatic N) is 9. The second kappa shape index (κ2) is 7.58. The molecule has 0 N–H and O–H groups in total. The summed E-state index contributed by atoms with van der Waals surface area (Å²) in [6.07, 6.45) is 11.3. The molecule has 9 heteroatoms. The van der Waals surface area contributed by atoms with Crippen LogP contribution in [0.3, 0.4) is 0 Å². The van der Waals surface area contributed by atoms with Gasteiger partial charge in [-0.2, -0.15) is 15.3 Å². The number of hydrogen-bond donors (Lipinski definition) is 0. The molecule has 9 nitrogen and oxygen atoms in total. The van der Waals surface area contributed by atoms with Crippen LogP contribution >= 0.6 is 0 Å². The Morgan fingerprint density at radius 1 is 0.912 bits per heavy atom. The molecule has 34 heavy (non-hydrogen) atoms. The molecule has 168 valence electrons. The van der Waals surface area contributed by atoms with Crippen molar-refractivity contribution >= 4 is 16.7 Å². The maximum Gasteiger partial charge on any atom is 0.159 e. The van der Waals surface area contributed by atoms with Crippen molar-refractivity contribution in [2.45, 2.75) is 26.8 Å². The van der Waals surface area contributed by atoms with E-state index in [2.05, 4.69) is 47.4 Å². The van der Waals surface area contributed by atoms with Gasteiger partial charge in [0, 0.05) is 59.3 Å². The van der Waals surface area contributed by atoms with Gasteiger partial charge >= 0.3 is 0 Å². The molecule has 0 aliphatic carbocycles. The summed E-state index contributed by atoms with van der Waals surface area (Å²) in [7, 11) is 1.89. The molecule has 6 rings (SSSR count). The minimum absolute atomic E-state index is 0.296. The average Bonchev–Trinajstić information content (AvgIpc) is 3.57. The SMILES string of the molecule is Cc1nn2c(-c3cc4cccnc4nc3-c3cnn(C)c3)cnc2cc1-c1cnn(C(C)C)c1. The molecule has 0 amide bonds. The molecule has 0 bridgehead atoms. The highest BCUT2D eigenvalue weighted by molar-refractivity contribution is 5.89. The zero-order valence-corrected chi connectivity index (χ0v) is 19.4. The largest absolute Gasteiger partial charge is 0.275 e. The second-order valence-corrected chi connectivity index (χ2v) is 8.70. The minimum atomic E-state index is 0.296. The van der Waals surface area contributed by atoms with E-state index in [1.165, 1.54) is 0 Å². The van der Waals surface area contributed by atoms with Crippen LogP contribution in [0.25, 0.3) is 50.3 Å². The number of aryl methyl sites for hydroxylation is 2. The van der Waals surface area contributed by atoms with Crippen LogP contribution in [0.2, 0.25) is 0 Å². The van der Waals surface area contributed by atoms with E-state index in [0.29, 0.717) is 11.7 Å². The third-order valence-corrected chi connectivity index (χ3v) is 5.96. The first-order valence-corrected chi connectivity index (χ1v) is 11.1. The number of imidazole rings is 1. The van der Waals surface area contributed by atoms with Crippen molar-refractivity contribution in [1.29, 1.82) is 0 Å². The van der Waals surface area contributed by atoms with E-state index in [9.17, 15) is 0 Å². The maximum absolute atomic E-state index is 4.92. The van der Waals surface area contributed by atoms with Crippen molar-refractivity contribution in [2.24, 2.45) is 7.05 Å². The Morgan fingerprint density at radius 3 is 2.53 bits per heavy atom. The van der Waals surface area contributed by atoms with Gasteiger partial charge in [0.2, 0.25) is 0 Å². The molecule has 0 fully saturated rings. The van der Waals surface area contributed by atoms with Gasteiger partial charge < -0.3 is 0 Å². The number of hydrogen-bond acceptors (Lipinski definition) is 6. The molecule has 0 aliphatic heterocycles. The second-order valence-electron chi connectivity index (χ2n) is 8.70. The van der Waals surface area contributed by atoms with Crippen LogP contribution in [-0.4, -0.2) is 44.1 Å². The summed E-state index contributed by atoms with van der Waals surface area (Å²) < 4.78 is 5.60. The summed E-state index contributed by atoms with van der Waals surface area (Å²) >= 11 is 0. The lowest BCUT2D eigenvalue weighted by Crippen LogP contribution is -2.01. The Balaban J connectivity index is 1.55. The lowest BCUT2D eigenvalue weighted by atomic mass is 10.0. The van der Waals surface area contributed by atoms with Crippen LogP contribution in [0.5, 0.6) is 0 Å². The van der Waals surface area contributed by atoms with E-state index in [1.54, 1.807) is 10.9 Å². The van der Waals surface area contributed by atoms with Gasteiger partial charge in [-0.1, -0.05) is 0 Å². The molecule has 0 atom stereocenters. The van der Waals surface area contributed by atoms with E-state index in [1.807, 2.05) is 60.1 Å². The van der Waals surface area contributed by atoms with Gasteiger partial charge in [-0.3, -0.25) is 9.36 Å². The molecule has 6 aromatic rings. The van der Waals surface area contributed by atoms with Crippen molar-refractivity contribution in [2.75, 3.05) is 0 Å². The van der Waals surface area contributed by atoms with Gasteiger partial charge in [-0.05, 0) is 45.0 Å². The zero-order chi connectivity index (χ0) is 23.4. The maximum atomic E-state index is 4.92. The molecule has 0 spiro atoms. The normalized spacial score (nSPS) is 11.8. The zero-order valence-electron chi connectivity index (χ0n) is 19.4. The van der Waals surface area contributed by atoms with Crippen LogP contribution in [0.1, 0.15) is 25.6 Å². The average molecular weight is 450 g/mol. The quantitative estimate of drug-likeness (QED) is 0.394. The highest BCUT2D eigenvalue weighted by Crippen LogP contribution is 2.34. The fourth-order valence-electron chi connectivity index (χ4n) is 4.20. The van der Waals surface area contributed by atoms with Crippen molar-refractivity contribution < 1.29 is 0 Å². The van der Waals surface area contributed by atoms with Crippen molar-refractivity contribution in [1.82, 2.24) is 44.1 Å². The fourth-order valence-corrected chi connectivity index (χ4v) is 4.20. The Morgan fingerprint density at radius 2 is 1.76 bits per heavy atom. The minimum Gasteiger partial charge on any atom is -0.275 e. The summed E-state index contributed by atoms with van der Waals surface area (Å²) in [6, 6.07) is 8.38. The standard InChI is InChI=1S/C25H23N9/c1-15(2)33-14-18(10-29-33)20-9-23-27-12-22(34(23)31-16(20)3)21-8-17-6-5-7-26-25(17)30-24(21)19-11-28-32(4)13-19/h5-15H,1-4H3. The molecule has 6 heterocycles. The number of rotatable bonds is 4. The van der Waals surface area contributed by atoms with Crippen LogP contribution in [-0.2, 0) is 7.05 Å². The van der Waals surface area contributed by atoms with Gasteiger partial charge in [0.25, 0.3) is 0 Å². The van der Waals surface area contributed by atoms with Gasteiger partial charge in [-0.15, -0.1) is 0 Å². The predicted molar refractivity (Wildman–Crippen MR) is 130 cm³/mol. The van der Waals surface area contributed by atoms with E-state index < -0.39 is 0 Å². The van der Waals surface area contributed by atoms with Crippen molar-refractivity contribution in [3.63, 3.8) is 0 Å². The van der Waals surface area contributed by atoms with Crippen molar-refractivity contribution in [3.8, 4) is 33.6 Å². The molecule has 0 aromatic carbocycles. The van der Waals surface area contributed by atoms with Crippen LogP contribution < -0.4 is 0 Å². The number of fused-ring (bicyclic) bond motifs is 2. The van der Waals surface area contributed by atoms with Crippen LogP contribution in [0, 0.1) is 6.92 Å². The van der Waals surface area contributed by atoms with Gasteiger partial charge in [-0.25, -0.2) is 19.5 Å². The third kappa shape index (κ3) is 3.24. The number of aromatic nitrogens is 9. The van der Waals surface area contributed by atoms with Gasteiger partial charge in [0.15, 0.2) is 11.3 Å². The van der Waals surface area contributed by atoms with E-state index in [0.717, 1.165) is 50.4 Å². The highest BCUT2D eigenvalue weighted by atomic mass is 15.3. The molecule has 0 saturated heterocycles. The molecule has 0 aliphatic rings. The lowest BCUT2D eigenvalue weighted by molar-refractivity contribution is 0.532. The van der Waals surface area contributed by atoms with E-state index in [4.69, 9.17) is 15.1 Å². The van der Waals surface area contributed by atoms with E-state index >= 15 is 0 Å². The Kier molecular flexibility index (Phi) is 4.51. The molecule has 0 radical (unpaired) electrons. The molecular weight excluding hydrogens is 426 g/mol. The first-order chi connectivity index (χ1) is 16.5. The van der Waals surface area contributed by atoms with Crippen LogP contribution in [0.4, 0.5) is 0 Å². The summed E-state index contributed by atoms with van der Waals surface area (Å²) in [5, 5.41) is 14.7. The monoisotopic (exact) mass is 449 g/mol. The Bertz CT molecular complexity index is 1670. The Hall–Kier alpha value is -4.40. The van der Waals surface area contributed by atoms with Gasteiger partial charge in [0.05, 0.1) is 35.7 Å². The summed E-state index contributed by atoms with van der Waals surface area (Å²) in [5.74, 6) is 0. The van der Waals surface area contributed by atoms with E-state index in [-0.39, 0.29) is 0 Å². The summed E-state index contributed by atoms with van der Waals surface area (Å²) in [4.78, 5) is 14.0. The smallest absolute Gasteiger partial charge is 0.159 e. The third-order valence-electron chi connectivity index (χ3n) is 5.96. The first kappa shape index (κ1) is 20.2. The summed E-state index contributed by atoms with van der Waals surface area (Å²) in [5.41, 5.74) is 7.88.